The maximum Gasteiger partial charge on any atom is 0.410 e. The largest absolute Gasteiger partial charge is 0.444 e. The van der Waals surface area contributed by atoms with Gasteiger partial charge in [0.1, 0.15) is 11.4 Å². The number of ether oxygens (including phenoxy) is 1. The molecule has 3 rings (SSSR count). The molecule has 5 heteroatoms. The molecule has 130 valence electrons. The van der Waals surface area contributed by atoms with Crippen LogP contribution in [-0.4, -0.2) is 34.7 Å². The van der Waals surface area contributed by atoms with Crippen LogP contribution in [0.25, 0.3) is 10.9 Å². The van der Waals surface area contributed by atoms with Crippen molar-refractivity contribution in [2.75, 3.05) is 13.1 Å². The predicted octanol–water partition coefficient (Wildman–Crippen LogP) is 4.73. The topological polar surface area (TPSA) is 45.3 Å². The second kappa shape index (κ2) is 6.11. The molecule has 24 heavy (non-hydrogen) atoms. The van der Waals surface area contributed by atoms with Crippen molar-refractivity contribution in [3.8, 4) is 0 Å². The SMILES string of the molecule is Cc1c(C2CCCN(C(=O)OC(C)(C)C)C2)[nH]c2c(F)cccc12. The van der Waals surface area contributed by atoms with Gasteiger partial charge in [0, 0.05) is 30.1 Å². The number of para-hydroxylation sites is 1. The van der Waals surface area contributed by atoms with Crippen molar-refractivity contribution in [1.82, 2.24) is 9.88 Å². The normalized spacial score (nSPS) is 18.9. The van der Waals surface area contributed by atoms with Gasteiger partial charge in [-0.2, -0.15) is 0 Å². The van der Waals surface area contributed by atoms with Gasteiger partial charge in [-0.1, -0.05) is 12.1 Å². The highest BCUT2D eigenvalue weighted by Crippen LogP contribution is 2.33. The molecular formula is C19H25FN2O2. The molecule has 1 amide bonds. The number of aromatic amines is 1. The molecule has 1 aliphatic rings. The number of nitrogens with one attached hydrogen (secondary N) is 1. The maximum absolute atomic E-state index is 14.0. The van der Waals surface area contributed by atoms with Crippen LogP contribution in [-0.2, 0) is 4.74 Å². The zero-order valence-corrected chi connectivity index (χ0v) is 14.8. The molecule has 1 aliphatic heterocycles. The minimum atomic E-state index is -0.496. The molecule has 0 spiro atoms. The molecule has 1 aromatic heterocycles. The molecule has 1 unspecified atom stereocenters. The number of amides is 1. The van der Waals surface area contributed by atoms with E-state index in [4.69, 9.17) is 4.74 Å². The Kier molecular flexibility index (Phi) is 4.28. The Morgan fingerprint density at radius 2 is 2.12 bits per heavy atom. The lowest BCUT2D eigenvalue weighted by molar-refractivity contribution is 0.0197. The summed E-state index contributed by atoms with van der Waals surface area (Å²) in [6.07, 6.45) is 1.63. The zero-order valence-electron chi connectivity index (χ0n) is 14.8. The van der Waals surface area contributed by atoms with E-state index >= 15 is 0 Å². The number of aryl methyl sites for hydroxylation is 1. The number of carbonyl (C=O) groups is 1. The lowest BCUT2D eigenvalue weighted by atomic mass is 9.92. The number of fused-ring (bicyclic) bond motifs is 1. The Bertz CT molecular complexity index is 761. The number of halogens is 1. The Morgan fingerprint density at radius 1 is 1.38 bits per heavy atom. The van der Waals surface area contributed by atoms with E-state index in [9.17, 15) is 9.18 Å². The fourth-order valence-corrected chi connectivity index (χ4v) is 3.45. The molecule has 4 nitrogen and oxygen atoms in total. The molecule has 1 N–H and O–H groups in total. The molecule has 1 aromatic carbocycles. The zero-order chi connectivity index (χ0) is 17.5. The first kappa shape index (κ1) is 16.8. The number of hydrogen-bond acceptors (Lipinski definition) is 2. The third kappa shape index (κ3) is 3.25. The Balaban J connectivity index is 1.84. The molecule has 0 aliphatic carbocycles. The second-order valence-corrected chi connectivity index (χ2v) is 7.59. The number of benzene rings is 1. The number of piperidine rings is 1. The number of rotatable bonds is 1. The Morgan fingerprint density at radius 3 is 2.79 bits per heavy atom. The highest BCUT2D eigenvalue weighted by molar-refractivity contribution is 5.85. The van der Waals surface area contributed by atoms with Crippen LogP contribution in [0.15, 0.2) is 18.2 Å². The highest BCUT2D eigenvalue weighted by atomic mass is 19.1. The van der Waals surface area contributed by atoms with Crippen molar-refractivity contribution in [2.45, 2.75) is 52.1 Å². The smallest absolute Gasteiger partial charge is 0.410 e. The van der Waals surface area contributed by atoms with Crippen LogP contribution in [0.2, 0.25) is 0 Å². The Hall–Kier alpha value is -2.04. The van der Waals surface area contributed by atoms with Crippen molar-refractivity contribution in [3.63, 3.8) is 0 Å². The number of H-pyrrole nitrogens is 1. The van der Waals surface area contributed by atoms with Crippen molar-refractivity contribution >= 4 is 17.0 Å². The first-order chi connectivity index (χ1) is 11.3. The van der Waals surface area contributed by atoms with Gasteiger partial charge in [0.25, 0.3) is 0 Å². The summed E-state index contributed by atoms with van der Waals surface area (Å²) >= 11 is 0. The van der Waals surface area contributed by atoms with Crippen LogP contribution in [0.1, 0.15) is 50.8 Å². The molecule has 1 atom stereocenters. The molecule has 0 saturated carbocycles. The summed E-state index contributed by atoms with van der Waals surface area (Å²) in [5, 5.41) is 0.916. The lowest BCUT2D eigenvalue weighted by Gasteiger charge is -2.34. The van der Waals surface area contributed by atoms with E-state index in [-0.39, 0.29) is 17.8 Å². The number of carbonyl (C=O) groups excluding carboxylic acids is 1. The number of hydrogen-bond donors (Lipinski definition) is 1. The van der Waals surface area contributed by atoms with Gasteiger partial charge in [-0.3, -0.25) is 0 Å². The molecule has 0 bridgehead atoms. The van der Waals surface area contributed by atoms with Gasteiger partial charge in [-0.25, -0.2) is 9.18 Å². The summed E-state index contributed by atoms with van der Waals surface area (Å²) in [5.41, 5.74) is 2.16. The minimum Gasteiger partial charge on any atom is -0.444 e. The molecule has 2 aromatic rings. The van der Waals surface area contributed by atoms with Crippen LogP contribution in [0.4, 0.5) is 9.18 Å². The van der Waals surface area contributed by atoms with Crippen LogP contribution in [0.3, 0.4) is 0 Å². The molecular weight excluding hydrogens is 307 g/mol. The minimum absolute atomic E-state index is 0.179. The summed E-state index contributed by atoms with van der Waals surface area (Å²) < 4.78 is 19.5. The fourth-order valence-electron chi connectivity index (χ4n) is 3.45. The van der Waals surface area contributed by atoms with Crippen molar-refractivity contribution in [2.24, 2.45) is 0 Å². The van der Waals surface area contributed by atoms with E-state index in [1.807, 2.05) is 33.8 Å². The van der Waals surface area contributed by atoms with E-state index in [1.54, 1.807) is 11.0 Å². The monoisotopic (exact) mass is 332 g/mol. The lowest BCUT2D eigenvalue weighted by Crippen LogP contribution is -2.42. The fraction of sp³-hybridized carbons (Fsp3) is 0.526. The van der Waals surface area contributed by atoms with Crippen molar-refractivity contribution < 1.29 is 13.9 Å². The average Bonchev–Trinajstić information content (AvgIpc) is 2.85. The summed E-state index contributed by atoms with van der Waals surface area (Å²) in [6, 6.07) is 5.13. The summed E-state index contributed by atoms with van der Waals surface area (Å²) in [5.74, 6) is -0.0558. The number of aromatic nitrogens is 1. The molecule has 1 fully saturated rings. The predicted molar refractivity (Wildman–Crippen MR) is 92.8 cm³/mol. The van der Waals surface area contributed by atoms with Crippen LogP contribution < -0.4 is 0 Å². The van der Waals surface area contributed by atoms with Crippen LogP contribution in [0, 0.1) is 12.7 Å². The first-order valence-corrected chi connectivity index (χ1v) is 8.51. The summed E-state index contributed by atoms with van der Waals surface area (Å²) in [7, 11) is 0. The Labute approximate surface area is 142 Å². The van der Waals surface area contributed by atoms with E-state index in [0.29, 0.717) is 18.6 Å². The van der Waals surface area contributed by atoms with Gasteiger partial charge in [-0.15, -0.1) is 0 Å². The van der Waals surface area contributed by atoms with Gasteiger partial charge in [0.2, 0.25) is 0 Å². The van der Waals surface area contributed by atoms with E-state index in [2.05, 4.69) is 4.98 Å². The van der Waals surface area contributed by atoms with Crippen molar-refractivity contribution in [3.05, 3.63) is 35.3 Å². The van der Waals surface area contributed by atoms with Gasteiger partial charge in [0.05, 0.1) is 5.52 Å². The van der Waals surface area contributed by atoms with E-state index < -0.39 is 5.60 Å². The number of likely N-dealkylation sites (tertiary alicyclic amines) is 1. The standard InChI is InChI=1S/C19H25FN2O2/c1-12-14-8-5-9-15(20)17(14)21-16(12)13-7-6-10-22(11-13)18(23)24-19(2,3)4/h5,8-9,13,21H,6-7,10-11H2,1-4H3. The molecule has 1 saturated heterocycles. The van der Waals surface area contributed by atoms with Gasteiger partial charge < -0.3 is 14.6 Å². The molecule has 0 radical (unpaired) electrons. The number of nitrogens with zero attached hydrogens (tertiary/aromatic N) is 1. The quantitative estimate of drug-likeness (QED) is 0.820. The van der Waals surface area contributed by atoms with E-state index in [0.717, 1.165) is 29.5 Å². The van der Waals surface area contributed by atoms with Crippen LogP contribution in [0.5, 0.6) is 0 Å². The van der Waals surface area contributed by atoms with E-state index in [1.165, 1.54) is 6.07 Å². The highest BCUT2D eigenvalue weighted by Gasteiger charge is 2.30. The third-order valence-electron chi connectivity index (χ3n) is 4.56. The average molecular weight is 332 g/mol. The van der Waals surface area contributed by atoms with Gasteiger partial charge in [0.15, 0.2) is 0 Å². The second-order valence-electron chi connectivity index (χ2n) is 7.59. The van der Waals surface area contributed by atoms with Crippen molar-refractivity contribution in [1.29, 1.82) is 0 Å². The van der Waals surface area contributed by atoms with Gasteiger partial charge >= 0.3 is 6.09 Å². The van der Waals surface area contributed by atoms with Gasteiger partial charge in [-0.05, 0) is 52.2 Å². The molecule has 2 heterocycles. The van der Waals surface area contributed by atoms with Crippen LogP contribution >= 0.6 is 0 Å². The third-order valence-corrected chi connectivity index (χ3v) is 4.56. The summed E-state index contributed by atoms with van der Waals surface area (Å²) in [4.78, 5) is 17.4. The maximum atomic E-state index is 14.0. The first-order valence-electron chi connectivity index (χ1n) is 8.51. The summed E-state index contributed by atoms with van der Waals surface area (Å²) in [6.45, 7) is 8.94.